The highest BCUT2D eigenvalue weighted by Gasteiger charge is 2.51. The highest BCUT2D eigenvalue weighted by Crippen LogP contribution is 2.43. The predicted octanol–water partition coefficient (Wildman–Crippen LogP) is 3.75. The lowest BCUT2D eigenvalue weighted by Gasteiger charge is -2.34. The van der Waals surface area contributed by atoms with Crippen LogP contribution in [0.5, 0.6) is 0 Å². The smallest absolute Gasteiger partial charge is 0.413 e. The molecule has 0 N–H and O–H groups in total. The fraction of sp³-hybridized carbons (Fsp3) is 0.706. The summed E-state index contributed by atoms with van der Waals surface area (Å²) >= 11 is 1.30. The van der Waals surface area contributed by atoms with Crippen LogP contribution >= 0.6 is 11.3 Å². The van der Waals surface area contributed by atoms with E-state index in [9.17, 15) is 9.59 Å². The van der Waals surface area contributed by atoms with E-state index in [4.69, 9.17) is 14.2 Å². The largest absolute Gasteiger partial charge is 0.461 e. The molecule has 1 saturated heterocycles. The summed E-state index contributed by atoms with van der Waals surface area (Å²) in [4.78, 5) is 30.6. The summed E-state index contributed by atoms with van der Waals surface area (Å²) in [5.74, 6) is -0.473. The molecule has 25 heavy (non-hydrogen) atoms. The molecule has 1 aliphatic heterocycles. The summed E-state index contributed by atoms with van der Waals surface area (Å²) in [5, 5.41) is 2.26. The Kier molecular flexibility index (Phi) is 5.44. The second kappa shape index (κ2) is 6.92. The minimum Gasteiger partial charge on any atom is -0.461 e. The lowest BCUT2D eigenvalue weighted by Crippen LogP contribution is -2.47. The molecule has 8 heteroatoms. The Hall–Kier alpha value is -1.67. The summed E-state index contributed by atoms with van der Waals surface area (Å²) in [6, 6.07) is -0.432. The Morgan fingerprint density at radius 3 is 2.60 bits per heavy atom. The zero-order chi connectivity index (χ0) is 19.0. The molecule has 0 unspecified atom stereocenters. The first kappa shape index (κ1) is 19.7. The van der Waals surface area contributed by atoms with Gasteiger partial charge in [0.2, 0.25) is 0 Å². The number of carbonyl (C=O) groups excluding carboxylic acids is 2. The molecule has 7 nitrogen and oxygen atoms in total. The number of amides is 1. The van der Waals surface area contributed by atoms with Gasteiger partial charge in [0.15, 0.2) is 5.69 Å². The molecule has 140 valence electrons. The van der Waals surface area contributed by atoms with Gasteiger partial charge in [-0.05, 0) is 48.5 Å². The molecule has 1 aromatic rings. The van der Waals surface area contributed by atoms with Gasteiger partial charge in [0, 0.05) is 5.38 Å². The molecule has 1 amide bonds. The number of aromatic nitrogens is 1. The maximum absolute atomic E-state index is 12.8. The molecule has 2 heterocycles. The quantitative estimate of drug-likeness (QED) is 0.754. The second-order valence-electron chi connectivity index (χ2n) is 7.36. The van der Waals surface area contributed by atoms with Gasteiger partial charge in [0.05, 0.1) is 12.7 Å². The van der Waals surface area contributed by atoms with Crippen LogP contribution in [0.2, 0.25) is 0 Å². The molecule has 1 aliphatic rings. The average Bonchev–Trinajstić information content (AvgIpc) is 2.98. The van der Waals surface area contributed by atoms with Crippen LogP contribution in [0.25, 0.3) is 0 Å². The lowest BCUT2D eigenvalue weighted by atomic mass is 10.1. The molecular formula is C17H26N2O5S. The van der Waals surface area contributed by atoms with Crippen LogP contribution in [0.15, 0.2) is 5.38 Å². The Labute approximate surface area is 152 Å². The number of nitrogens with zero attached hydrogens (tertiary/aromatic N) is 2. The number of thiazole rings is 1. The predicted molar refractivity (Wildman–Crippen MR) is 93.5 cm³/mol. The van der Waals surface area contributed by atoms with Gasteiger partial charge < -0.3 is 14.2 Å². The first-order chi connectivity index (χ1) is 11.5. The normalized spacial score (nSPS) is 22.8. The Morgan fingerprint density at radius 2 is 2.04 bits per heavy atom. The zero-order valence-corrected chi connectivity index (χ0v) is 16.6. The van der Waals surface area contributed by atoms with Crippen LogP contribution < -0.4 is 0 Å². The average molecular weight is 370 g/mol. The third-order valence-electron chi connectivity index (χ3n) is 3.63. The molecule has 0 aromatic carbocycles. The molecule has 0 aliphatic carbocycles. The van der Waals surface area contributed by atoms with Gasteiger partial charge in [-0.2, -0.15) is 0 Å². The summed E-state index contributed by atoms with van der Waals surface area (Å²) in [6.45, 7) is 13.0. The van der Waals surface area contributed by atoms with E-state index in [0.717, 1.165) is 0 Å². The van der Waals surface area contributed by atoms with Gasteiger partial charge in [-0.1, -0.05) is 0 Å². The number of hydrogen-bond acceptors (Lipinski definition) is 7. The van der Waals surface area contributed by atoms with Crippen molar-refractivity contribution in [3.8, 4) is 0 Å². The topological polar surface area (TPSA) is 78.0 Å². The van der Waals surface area contributed by atoms with Crippen molar-refractivity contribution in [3.05, 3.63) is 16.1 Å². The van der Waals surface area contributed by atoms with Crippen molar-refractivity contribution in [2.75, 3.05) is 6.61 Å². The molecule has 0 radical (unpaired) electrons. The van der Waals surface area contributed by atoms with Crippen LogP contribution in [0, 0.1) is 0 Å². The fourth-order valence-electron chi connectivity index (χ4n) is 2.80. The summed E-state index contributed by atoms with van der Waals surface area (Å²) in [6.07, 6.45) is -0.761. The minimum absolute atomic E-state index is 0.239. The van der Waals surface area contributed by atoms with Crippen molar-refractivity contribution in [2.24, 2.45) is 0 Å². The molecule has 0 bridgehead atoms. The van der Waals surface area contributed by atoms with Gasteiger partial charge in [-0.3, -0.25) is 4.90 Å². The van der Waals surface area contributed by atoms with Crippen molar-refractivity contribution in [2.45, 2.75) is 71.9 Å². The van der Waals surface area contributed by atoms with Crippen molar-refractivity contribution in [3.63, 3.8) is 0 Å². The number of carbonyl (C=O) groups is 2. The maximum Gasteiger partial charge on any atom is 0.413 e. The Bertz CT molecular complexity index is 650. The minimum atomic E-state index is -0.845. The maximum atomic E-state index is 12.8. The number of hydrogen-bond donors (Lipinski definition) is 0. The Morgan fingerprint density at radius 1 is 1.40 bits per heavy atom. The third-order valence-corrected chi connectivity index (χ3v) is 4.54. The van der Waals surface area contributed by atoms with Gasteiger partial charge in [0.1, 0.15) is 22.4 Å². The SMILES string of the molecule is CCOC(=O)c1csc([C@@H]2[C@@H](C)OC(C)(C)N2C(=O)OC(C)(C)C)n1. The molecule has 0 saturated carbocycles. The third kappa shape index (κ3) is 4.30. The van der Waals surface area contributed by atoms with Crippen LogP contribution in [0.1, 0.15) is 70.0 Å². The van der Waals surface area contributed by atoms with E-state index in [1.165, 1.54) is 11.3 Å². The highest BCUT2D eigenvalue weighted by atomic mass is 32.1. The molecule has 0 spiro atoms. The van der Waals surface area contributed by atoms with Crippen LogP contribution in [0.3, 0.4) is 0 Å². The summed E-state index contributed by atoms with van der Waals surface area (Å²) in [7, 11) is 0. The van der Waals surface area contributed by atoms with Crippen molar-refractivity contribution in [1.82, 2.24) is 9.88 Å². The summed E-state index contributed by atoms with van der Waals surface area (Å²) in [5.41, 5.74) is -1.23. The van der Waals surface area contributed by atoms with Gasteiger partial charge >= 0.3 is 12.1 Å². The van der Waals surface area contributed by atoms with Crippen LogP contribution in [0.4, 0.5) is 4.79 Å². The van der Waals surface area contributed by atoms with Gasteiger partial charge in [-0.15, -0.1) is 11.3 Å². The highest BCUT2D eigenvalue weighted by molar-refractivity contribution is 7.09. The van der Waals surface area contributed by atoms with Crippen molar-refractivity contribution < 1.29 is 23.8 Å². The van der Waals surface area contributed by atoms with Crippen molar-refractivity contribution in [1.29, 1.82) is 0 Å². The van der Waals surface area contributed by atoms with E-state index in [1.807, 2.05) is 41.5 Å². The van der Waals surface area contributed by atoms with Gasteiger partial charge in [-0.25, -0.2) is 14.6 Å². The molecule has 2 atom stereocenters. The first-order valence-corrected chi connectivity index (χ1v) is 9.17. The molecular weight excluding hydrogens is 344 g/mol. The lowest BCUT2D eigenvalue weighted by molar-refractivity contribution is -0.0757. The van der Waals surface area contributed by atoms with Gasteiger partial charge in [0.25, 0.3) is 0 Å². The molecule has 2 rings (SSSR count). The number of esters is 1. The zero-order valence-electron chi connectivity index (χ0n) is 15.8. The number of rotatable bonds is 3. The van der Waals surface area contributed by atoms with E-state index in [-0.39, 0.29) is 18.4 Å². The fourth-order valence-corrected chi connectivity index (χ4v) is 3.77. The van der Waals surface area contributed by atoms with E-state index < -0.39 is 29.4 Å². The van der Waals surface area contributed by atoms with Crippen molar-refractivity contribution >= 4 is 23.4 Å². The van der Waals surface area contributed by atoms with E-state index in [0.29, 0.717) is 5.01 Å². The van der Waals surface area contributed by atoms with E-state index in [1.54, 1.807) is 17.2 Å². The standard InChI is InChI=1S/C17H26N2O5S/c1-8-22-14(20)11-9-25-13(18-11)12-10(2)23-17(6,7)19(12)15(21)24-16(3,4)5/h9-10,12H,8H2,1-7H3/t10-,12+/m1/s1. The molecule has 1 fully saturated rings. The summed E-state index contributed by atoms with van der Waals surface area (Å²) < 4.78 is 16.5. The second-order valence-corrected chi connectivity index (χ2v) is 8.25. The van der Waals surface area contributed by atoms with E-state index in [2.05, 4.69) is 4.98 Å². The van der Waals surface area contributed by atoms with Crippen LogP contribution in [-0.4, -0.2) is 46.0 Å². The number of ether oxygens (including phenoxy) is 3. The Balaban J connectivity index is 2.33. The van der Waals surface area contributed by atoms with Crippen LogP contribution in [-0.2, 0) is 14.2 Å². The molecule has 1 aromatic heterocycles. The van der Waals surface area contributed by atoms with E-state index >= 15 is 0 Å². The first-order valence-electron chi connectivity index (χ1n) is 8.29. The monoisotopic (exact) mass is 370 g/mol.